The molecule has 0 atom stereocenters. The van der Waals surface area contributed by atoms with Crippen molar-refractivity contribution in [3.63, 3.8) is 0 Å². The van der Waals surface area contributed by atoms with E-state index >= 15 is 0 Å². The number of hydrogen-bond donors (Lipinski definition) is 1. The van der Waals surface area contributed by atoms with Gasteiger partial charge in [-0.25, -0.2) is 4.39 Å². The van der Waals surface area contributed by atoms with Crippen molar-refractivity contribution in [2.75, 3.05) is 6.51 Å². The molecule has 0 spiro atoms. The minimum Gasteiger partial charge on any atom is -0.505 e. The second-order valence-electron chi connectivity index (χ2n) is 4.79. The number of ether oxygens (including phenoxy) is 1. The number of fused-ring (bicyclic) bond motifs is 1. The second-order valence-corrected chi connectivity index (χ2v) is 5.95. The van der Waals surface area contributed by atoms with Crippen LogP contribution in [0.15, 0.2) is 16.9 Å². The Labute approximate surface area is 151 Å². The summed E-state index contributed by atoms with van der Waals surface area (Å²) in [4.78, 5) is 12.9. The molecule has 0 fully saturated rings. The van der Waals surface area contributed by atoms with Crippen molar-refractivity contribution in [2.45, 2.75) is 6.54 Å². The van der Waals surface area contributed by atoms with Gasteiger partial charge in [0.15, 0.2) is 11.4 Å². The van der Waals surface area contributed by atoms with Gasteiger partial charge in [0, 0.05) is 6.51 Å². The van der Waals surface area contributed by atoms with E-state index in [0.717, 1.165) is 22.2 Å². The molecule has 0 saturated carbocycles. The highest BCUT2D eigenvalue weighted by Gasteiger charge is 2.26. The molecule has 10 heteroatoms. The van der Waals surface area contributed by atoms with E-state index in [1.165, 1.54) is 6.07 Å². The first-order valence-electron chi connectivity index (χ1n) is 6.83. The maximum atomic E-state index is 14.5. The van der Waals surface area contributed by atoms with E-state index in [1.807, 2.05) is 0 Å². The Hall–Kier alpha value is -2.57. The molecule has 6 nitrogen and oxygen atoms in total. The zero-order valence-corrected chi connectivity index (χ0v) is 14.1. The number of terminal acetylenes is 1. The van der Waals surface area contributed by atoms with E-state index in [4.69, 9.17) is 30.6 Å². The van der Waals surface area contributed by atoms with E-state index in [0.29, 0.717) is 0 Å². The fourth-order valence-electron chi connectivity index (χ4n) is 2.41. The number of aromatic nitrogens is 3. The lowest BCUT2D eigenvalue weighted by Crippen LogP contribution is -2.22. The number of rotatable bonds is 4. The Morgan fingerprint density at radius 2 is 2.24 bits per heavy atom. The van der Waals surface area contributed by atoms with E-state index < -0.39 is 17.1 Å². The molecular weight excluding hydrogens is 368 g/mol. The van der Waals surface area contributed by atoms with Crippen molar-refractivity contribution < 1.29 is 14.2 Å². The molecular formula is C15H8BClFN3O3S. The van der Waals surface area contributed by atoms with Crippen LogP contribution in [0, 0.1) is 18.2 Å². The summed E-state index contributed by atoms with van der Waals surface area (Å²) in [5.41, 5.74) is -1.30. The zero-order chi connectivity index (χ0) is 18.1. The number of benzene rings is 1. The molecule has 2 heterocycles. The molecule has 0 aliphatic heterocycles. The number of nitrogens with zero attached hydrogens (tertiary/aromatic N) is 3. The van der Waals surface area contributed by atoms with Crippen LogP contribution in [0.4, 0.5) is 4.39 Å². The molecule has 124 valence electrons. The smallest absolute Gasteiger partial charge is 0.265 e. The first-order valence-corrected chi connectivity index (χ1v) is 7.98. The summed E-state index contributed by atoms with van der Waals surface area (Å²) >= 11 is 6.88. The topological polar surface area (TPSA) is 77.2 Å². The van der Waals surface area contributed by atoms with Crippen LogP contribution >= 0.6 is 23.1 Å². The van der Waals surface area contributed by atoms with E-state index in [1.54, 1.807) is 0 Å². The van der Waals surface area contributed by atoms with Gasteiger partial charge in [0.1, 0.15) is 24.1 Å². The minimum absolute atomic E-state index is 0.0340. The lowest BCUT2D eigenvalue weighted by atomic mass is 10.0. The highest BCUT2D eigenvalue weighted by atomic mass is 35.5. The van der Waals surface area contributed by atoms with Gasteiger partial charge in [-0.2, -0.15) is 0 Å². The van der Waals surface area contributed by atoms with Gasteiger partial charge in [0.25, 0.3) is 5.56 Å². The third-order valence-electron chi connectivity index (χ3n) is 3.42. The Balaban J connectivity index is 2.48. The molecule has 2 radical (unpaired) electrons. The van der Waals surface area contributed by atoms with Gasteiger partial charge in [-0.05, 0) is 23.7 Å². The molecule has 0 amide bonds. The predicted octanol–water partition coefficient (Wildman–Crippen LogP) is 2.16. The van der Waals surface area contributed by atoms with Crippen molar-refractivity contribution in [1.82, 2.24) is 14.2 Å². The van der Waals surface area contributed by atoms with Crippen LogP contribution < -0.4 is 10.3 Å². The summed E-state index contributed by atoms with van der Waals surface area (Å²) in [6.07, 6.45) is 5.29. The number of hydrogen-bond acceptors (Lipinski definition) is 6. The average Bonchev–Trinajstić information content (AvgIpc) is 3.07. The predicted molar refractivity (Wildman–Crippen MR) is 93.8 cm³/mol. The van der Waals surface area contributed by atoms with Crippen LogP contribution in [0.2, 0.25) is 5.02 Å². The number of halogens is 2. The van der Waals surface area contributed by atoms with Gasteiger partial charge >= 0.3 is 0 Å². The Bertz CT molecular complexity index is 1080. The van der Waals surface area contributed by atoms with Crippen LogP contribution in [-0.4, -0.2) is 33.6 Å². The highest BCUT2D eigenvalue weighted by molar-refractivity contribution is 7.13. The van der Waals surface area contributed by atoms with E-state index in [-0.39, 0.29) is 45.3 Å². The van der Waals surface area contributed by atoms with Crippen molar-refractivity contribution in [3.05, 3.63) is 33.3 Å². The maximum absolute atomic E-state index is 14.5. The summed E-state index contributed by atoms with van der Waals surface area (Å²) in [5.74, 6) is 0.870. The van der Waals surface area contributed by atoms with Crippen LogP contribution in [0.3, 0.4) is 0 Å². The van der Waals surface area contributed by atoms with Crippen LogP contribution in [0.1, 0.15) is 0 Å². The van der Waals surface area contributed by atoms with Gasteiger partial charge in [-0.3, -0.25) is 9.36 Å². The summed E-state index contributed by atoms with van der Waals surface area (Å²) in [7, 11) is 5.36. The van der Waals surface area contributed by atoms with Crippen LogP contribution in [-0.2, 0) is 6.54 Å². The van der Waals surface area contributed by atoms with E-state index in [9.17, 15) is 14.3 Å². The quantitative estimate of drug-likeness (QED) is 0.558. The van der Waals surface area contributed by atoms with Crippen molar-refractivity contribution in [2.24, 2.45) is 0 Å². The van der Waals surface area contributed by atoms with Crippen molar-refractivity contribution in [1.29, 1.82) is 0 Å². The van der Waals surface area contributed by atoms with Gasteiger partial charge in [-0.1, -0.05) is 22.0 Å². The largest absolute Gasteiger partial charge is 0.505 e. The fraction of sp³-hybridized carbons (Fsp3) is 0.133. The summed E-state index contributed by atoms with van der Waals surface area (Å²) in [6.45, 7) is -0.441. The van der Waals surface area contributed by atoms with Crippen molar-refractivity contribution in [3.8, 4) is 35.0 Å². The first kappa shape index (κ1) is 17.3. The van der Waals surface area contributed by atoms with Crippen LogP contribution in [0.25, 0.3) is 21.5 Å². The Morgan fingerprint density at radius 1 is 1.48 bits per heavy atom. The number of aromatic hydroxyl groups is 1. The highest BCUT2D eigenvalue weighted by Crippen LogP contribution is 2.42. The molecule has 0 unspecified atom stereocenters. The summed E-state index contributed by atoms with van der Waals surface area (Å²) < 4.78 is 24.7. The Morgan fingerprint density at radius 3 is 2.92 bits per heavy atom. The molecule has 0 bridgehead atoms. The standard InChI is InChI=1S/C15H8BClFN3O3S/c1-2-5-21-14-13(25-20-19-14)11(22)10(15(21)23)9-8(18)4-3-7(17)12(9)24-6-16/h1,3-4,22H,5-6H2. The normalized spacial score (nSPS) is 10.8. The van der Waals surface area contributed by atoms with Gasteiger partial charge < -0.3 is 9.84 Å². The third-order valence-corrected chi connectivity index (χ3v) is 4.44. The maximum Gasteiger partial charge on any atom is 0.265 e. The lowest BCUT2D eigenvalue weighted by Gasteiger charge is -2.15. The SMILES string of the molecule is [B]COc1c(Cl)ccc(F)c1-c1c(O)c2snnc2n(CC#C)c1=O. The molecule has 1 aromatic carbocycles. The minimum atomic E-state index is -0.815. The molecule has 1 N–H and O–H groups in total. The first-order chi connectivity index (χ1) is 12.0. The third kappa shape index (κ3) is 2.73. The monoisotopic (exact) mass is 375 g/mol. The van der Waals surface area contributed by atoms with Gasteiger partial charge in [0.05, 0.1) is 22.7 Å². The van der Waals surface area contributed by atoms with Crippen LogP contribution in [0.5, 0.6) is 11.5 Å². The Kier molecular flexibility index (Phi) is 4.66. The number of pyridine rings is 1. The van der Waals surface area contributed by atoms with Gasteiger partial charge in [-0.15, -0.1) is 11.5 Å². The van der Waals surface area contributed by atoms with Gasteiger partial charge in [0.2, 0.25) is 0 Å². The molecule has 2 aromatic heterocycles. The zero-order valence-electron chi connectivity index (χ0n) is 12.5. The average molecular weight is 376 g/mol. The lowest BCUT2D eigenvalue weighted by molar-refractivity contribution is 0.386. The molecule has 3 aromatic rings. The fourth-order valence-corrected chi connectivity index (χ4v) is 3.24. The summed E-state index contributed by atoms with van der Waals surface area (Å²) in [5, 5.41) is 14.4. The molecule has 25 heavy (non-hydrogen) atoms. The van der Waals surface area contributed by atoms with Crippen molar-refractivity contribution >= 4 is 41.3 Å². The molecule has 0 aliphatic carbocycles. The van der Waals surface area contributed by atoms with E-state index in [2.05, 4.69) is 15.5 Å². The molecule has 3 rings (SSSR count). The molecule has 0 saturated heterocycles. The molecule has 0 aliphatic rings. The second kappa shape index (κ2) is 6.74. The summed E-state index contributed by atoms with van der Waals surface area (Å²) in [6, 6.07) is 2.32.